The van der Waals surface area contributed by atoms with Crippen molar-refractivity contribution in [1.82, 2.24) is 9.97 Å². The van der Waals surface area contributed by atoms with Crippen molar-refractivity contribution < 1.29 is 19.1 Å². The predicted molar refractivity (Wildman–Crippen MR) is 124 cm³/mol. The van der Waals surface area contributed by atoms with E-state index in [4.69, 9.17) is 9.47 Å². The molecule has 0 aliphatic heterocycles. The highest BCUT2D eigenvalue weighted by atomic mass is 32.1. The van der Waals surface area contributed by atoms with E-state index < -0.39 is 5.97 Å². The molecule has 0 fully saturated rings. The van der Waals surface area contributed by atoms with Crippen LogP contribution >= 0.6 is 11.3 Å². The van der Waals surface area contributed by atoms with Crippen molar-refractivity contribution >= 4 is 45.0 Å². The number of esters is 2. The summed E-state index contributed by atoms with van der Waals surface area (Å²) < 4.78 is 10.3. The Morgan fingerprint density at radius 2 is 1.84 bits per heavy atom. The van der Waals surface area contributed by atoms with Crippen molar-refractivity contribution in [2.75, 3.05) is 19.0 Å². The Bertz CT molecular complexity index is 1270. The number of aryl methyl sites for hydroxylation is 1. The summed E-state index contributed by atoms with van der Waals surface area (Å²) in [5, 5.41) is 3.97. The van der Waals surface area contributed by atoms with Gasteiger partial charge in [-0.15, -0.1) is 11.3 Å². The zero-order valence-corrected chi connectivity index (χ0v) is 18.4. The Kier molecular flexibility index (Phi) is 6.42. The molecule has 0 saturated carbocycles. The largest absolute Gasteiger partial charge is 0.465 e. The molecule has 0 bridgehead atoms. The van der Waals surface area contributed by atoms with Crippen molar-refractivity contribution in [2.24, 2.45) is 0 Å². The monoisotopic (exact) mass is 447 g/mol. The number of thiophene rings is 1. The fourth-order valence-corrected chi connectivity index (χ4v) is 4.35. The highest BCUT2D eigenvalue weighted by molar-refractivity contribution is 7.20. The van der Waals surface area contributed by atoms with Crippen LogP contribution in [0.1, 0.15) is 31.2 Å². The molecule has 0 atom stereocenters. The zero-order valence-electron chi connectivity index (χ0n) is 17.6. The molecule has 4 rings (SSSR count). The van der Waals surface area contributed by atoms with E-state index in [2.05, 4.69) is 15.3 Å². The number of rotatable bonds is 7. The first-order chi connectivity index (χ1) is 15.6. The van der Waals surface area contributed by atoms with Gasteiger partial charge in [-0.05, 0) is 36.2 Å². The van der Waals surface area contributed by atoms with E-state index in [1.54, 1.807) is 18.2 Å². The van der Waals surface area contributed by atoms with E-state index in [0.717, 1.165) is 16.5 Å². The van der Waals surface area contributed by atoms with Crippen LogP contribution in [0.5, 0.6) is 0 Å². The van der Waals surface area contributed by atoms with E-state index in [-0.39, 0.29) is 5.97 Å². The molecule has 2 aromatic heterocycles. The third-order valence-electron chi connectivity index (χ3n) is 4.93. The number of fused-ring (bicyclic) bond motifs is 1. The van der Waals surface area contributed by atoms with Crippen molar-refractivity contribution in [1.29, 1.82) is 0 Å². The minimum atomic E-state index is -0.422. The van der Waals surface area contributed by atoms with E-state index in [9.17, 15) is 9.59 Å². The lowest BCUT2D eigenvalue weighted by molar-refractivity contribution is 0.0513. The number of ether oxygens (including phenoxy) is 2. The average molecular weight is 448 g/mol. The molecule has 32 heavy (non-hydrogen) atoms. The van der Waals surface area contributed by atoms with Crippen LogP contribution in [-0.2, 0) is 15.9 Å². The zero-order chi connectivity index (χ0) is 22.5. The number of methoxy groups -OCH3 is 1. The first kappa shape index (κ1) is 21.5. The van der Waals surface area contributed by atoms with Gasteiger partial charge < -0.3 is 14.8 Å². The minimum Gasteiger partial charge on any atom is -0.465 e. The van der Waals surface area contributed by atoms with Crippen molar-refractivity contribution in [3.63, 3.8) is 0 Å². The molecule has 0 aliphatic rings. The van der Waals surface area contributed by atoms with Gasteiger partial charge in [0.2, 0.25) is 0 Å². The highest BCUT2D eigenvalue weighted by Crippen LogP contribution is 2.35. The normalized spacial score (nSPS) is 10.7. The first-order valence-corrected chi connectivity index (χ1v) is 10.8. The van der Waals surface area contributed by atoms with Gasteiger partial charge in [0.25, 0.3) is 0 Å². The number of aromatic nitrogens is 2. The van der Waals surface area contributed by atoms with E-state index in [1.807, 2.05) is 43.3 Å². The van der Waals surface area contributed by atoms with Crippen LogP contribution in [0, 0.1) is 6.92 Å². The second-order valence-electron chi connectivity index (χ2n) is 7.03. The van der Waals surface area contributed by atoms with Crippen molar-refractivity contribution in [2.45, 2.75) is 13.3 Å². The summed E-state index contributed by atoms with van der Waals surface area (Å²) in [4.78, 5) is 34.4. The van der Waals surface area contributed by atoms with E-state index >= 15 is 0 Å². The van der Waals surface area contributed by atoms with Crippen LogP contribution < -0.4 is 5.32 Å². The van der Waals surface area contributed by atoms with Gasteiger partial charge in [-0.3, -0.25) is 0 Å². The molecule has 4 aromatic rings. The number of nitrogens with zero attached hydrogens (tertiary/aromatic N) is 2. The molecular weight excluding hydrogens is 426 g/mol. The Morgan fingerprint density at radius 3 is 2.62 bits per heavy atom. The van der Waals surface area contributed by atoms with Crippen molar-refractivity contribution in [3.8, 4) is 0 Å². The number of benzene rings is 2. The van der Waals surface area contributed by atoms with Gasteiger partial charge >= 0.3 is 11.9 Å². The number of hydrogen-bond donors (Lipinski definition) is 1. The summed E-state index contributed by atoms with van der Waals surface area (Å²) in [6.45, 7) is 2.15. The van der Waals surface area contributed by atoms with Crippen LogP contribution in [0.2, 0.25) is 0 Å². The van der Waals surface area contributed by atoms with Crippen LogP contribution in [0.15, 0.2) is 60.9 Å². The third-order valence-corrected chi connectivity index (χ3v) is 6.11. The third kappa shape index (κ3) is 4.60. The Hall–Kier alpha value is -3.78. The molecule has 162 valence electrons. The molecule has 0 saturated heterocycles. The predicted octanol–water partition coefficient (Wildman–Crippen LogP) is 4.93. The molecular formula is C24H21N3O4S. The average Bonchev–Trinajstić information content (AvgIpc) is 3.17. The Labute approximate surface area is 189 Å². The minimum absolute atomic E-state index is 0.299. The summed E-state index contributed by atoms with van der Waals surface area (Å²) in [7, 11) is 1.34. The molecule has 0 amide bonds. The SMILES string of the molecule is COC(=O)c1cccc(Nc2ncnc3sc(C(=O)OCCc4ccccc4)c(C)c23)c1. The number of carbonyl (C=O) groups is 2. The van der Waals surface area contributed by atoms with E-state index in [0.29, 0.717) is 39.8 Å². The molecule has 0 radical (unpaired) electrons. The van der Waals surface area contributed by atoms with Gasteiger partial charge in [-0.1, -0.05) is 36.4 Å². The van der Waals surface area contributed by atoms with Crippen LogP contribution in [0.4, 0.5) is 11.5 Å². The summed E-state index contributed by atoms with van der Waals surface area (Å²) in [6, 6.07) is 16.8. The summed E-state index contributed by atoms with van der Waals surface area (Å²) in [6.07, 6.45) is 2.09. The molecule has 0 unspecified atom stereocenters. The van der Waals surface area contributed by atoms with Gasteiger partial charge in [-0.25, -0.2) is 19.6 Å². The van der Waals surface area contributed by atoms with E-state index in [1.165, 1.54) is 24.8 Å². The first-order valence-electron chi connectivity index (χ1n) is 9.97. The molecule has 2 aromatic carbocycles. The molecule has 7 nitrogen and oxygen atoms in total. The fraction of sp³-hybridized carbons (Fsp3) is 0.167. The lowest BCUT2D eigenvalue weighted by Crippen LogP contribution is -2.07. The lowest BCUT2D eigenvalue weighted by atomic mass is 10.1. The van der Waals surface area contributed by atoms with Gasteiger partial charge in [0, 0.05) is 12.1 Å². The fourth-order valence-electron chi connectivity index (χ4n) is 3.31. The second-order valence-corrected chi connectivity index (χ2v) is 8.03. The summed E-state index contributed by atoms with van der Waals surface area (Å²) in [5.41, 5.74) is 2.96. The van der Waals surface area contributed by atoms with Gasteiger partial charge in [0.15, 0.2) is 0 Å². The van der Waals surface area contributed by atoms with Crippen LogP contribution in [-0.4, -0.2) is 35.6 Å². The maximum atomic E-state index is 12.7. The summed E-state index contributed by atoms with van der Waals surface area (Å²) in [5.74, 6) is -0.247. The summed E-state index contributed by atoms with van der Waals surface area (Å²) >= 11 is 1.27. The van der Waals surface area contributed by atoms with Gasteiger partial charge in [0.05, 0.1) is 24.7 Å². The molecule has 8 heteroatoms. The van der Waals surface area contributed by atoms with Crippen LogP contribution in [0.25, 0.3) is 10.2 Å². The molecule has 2 heterocycles. The highest BCUT2D eigenvalue weighted by Gasteiger charge is 2.20. The standard InChI is InChI=1S/C24H21N3O4S/c1-15-19-21(27-18-10-6-9-17(13-18)23(28)30-2)25-14-26-22(19)32-20(15)24(29)31-12-11-16-7-4-3-5-8-16/h3-10,13-14H,11-12H2,1-2H3,(H,25,26,27). The quantitative estimate of drug-likeness (QED) is 0.402. The molecule has 0 spiro atoms. The Balaban J connectivity index is 1.55. The van der Waals surface area contributed by atoms with Crippen LogP contribution in [0.3, 0.4) is 0 Å². The number of anilines is 2. The topological polar surface area (TPSA) is 90.4 Å². The second kappa shape index (κ2) is 9.57. The Morgan fingerprint density at radius 1 is 1.03 bits per heavy atom. The van der Waals surface area contributed by atoms with Gasteiger partial charge in [0.1, 0.15) is 21.9 Å². The number of nitrogens with one attached hydrogen (secondary N) is 1. The van der Waals surface area contributed by atoms with Gasteiger partial charge in [-0.2, -0.15) is 0 Å². The van der Waals surface area contributed by atoms with Crippen molar-refractivity contribution in [3.05, 3.63) is 82.5 Å². The lowest BCUT2D eigenvalue weighted by Gasteiger charge is -2.09. The smallest absolute Gasteiger partial charge is 0.348 e. The number of hydrogen-bond acceptors (Lipinski definition) is 8. The molecule has 1 N–H and O–H groups in total. The molecule has 0 aliphatic carbocycles. The maximum absolute atomic E-state index is 12.7. The number of carbonyl (C=O) groups excluding carboxylic acids is 2. The maximum Gasteiger partial charge on any atom is 0.348 e.